The number of fused-ring (bicyclic) bond motifs is 19. The van der Waals surface area contributed by atoms with Gasteiger partial charge in [0, 0.05) is 60.8 Å². The molecule has 352 valence electrons. The molecule has 0 bridgehead atoms. The van der Waals surface area contributed by atoms with Crippen LogP contribution in [0, 0.1) is 6.92 Å². The molecule has 3 nitrogen and oxygen atoms in total. The summed E-state index contributed by atoms with van der Waals surface area (Å²) >= 11 is 0. The van der Waals surface area contributed by atoms with Gasteiger partial charge >= 0.3 is 0 Å². The zero-order chi connectivity index (χ0) is 49.4. The smallest absolute Gasteiger partial charge is 0.144 e. The Hall–Kier alpha value is -7.62. The Morgan fingerprint density at radius 1 is 0.458 bits per heavy atom. The lowest BCUT2D eigenvalue weighted by Crippen LogP contribution is -2.24. The molecule has 0 fully saturated rings. The number of benzene rings is 9. The van der Waals surface area contributed by atoms with E-state index in [2.05, 4.69) is 238 Å². The molecule has 4 aliphatic rings. The van der Waals surface area contributed by atoms with Crippen molar-refractivity contribution in [2.75, 3.05) is 4.90 Å². The molecule has 0 saturated heterocycles. The van der Waals surface area contributed by atoms with E-state index in [-0.39, 0.29) is 21.7 Å². The first-order valence-electron chi connectivity index (χ1n) is 25.9. The van der Waals surface area contributed by atoms with Gasteiger partial charge < -0.3 is 14.1 Å². The molecule has 0 saturated carbocycles. The highest BCUT2D eigenvalue weighted by Crippen LogP contribution is 2.64. The molecule has 72 heavy (non-hydrogen) atoms. The van der Waals surface area contributed by atoms with E-state index in [1.807, 2.05) is 0 Å². The van der Waals surface area contributed by atoms with E-state index in [1.54, 1.807) is 0 Å². The quantitative estimate of drug-likeness (QED) is 0.176. The van der Waals surface area contributed by atoms with Crippen LogP contribution in [-0.2, 0) is 28.3 Å². The van der Waals surface area contributed by atoms with Gasteiger partial charge in [-0.2, -0.15) is 0 Å². The Morgan fingerprint density at radius 2 is 1.03 bits per heavy atom. The lowest BCUT2D eigenvalue weighted by molar-refractivity contribution is 0.303. The fourth-order valence-corrected chi connectivity index (χ4v) is 13.7. The van der Waals surface area contributed by atoms with E-state index in [9.17, 15) is 0 Å². The van der Waals surface area contributed by atoms with Crippen molar-refractivity contribution in [3.05, 3.63) is 214 Å². The molecule has 0 radical (unpaired) electrons. The van der Waals surface area contributed by atoms with Crippen LogP contribution in [0.3, 0.4) is 0 Å². The second kappa shape index (κ2) is 14.5. The first-order valence-corrected chi connectivity index (χ1v) is 25.9. The second-order valence-electron chi connectivity index (χ2n) is 23.6. The van der Waals surface area contributed by atoms with Crippen LogP contribution >= 0.6 is 0 Å². The van der Waals surface area contributed by atoms with Crippen molar-refractivity contribution < 1.29 is 9.15 Å². The minimum Gasteiger partial charge on any atom is -0.488 e. The first-order chi connectivity index (χ1) is 34.5. The highest BCUT2D eigenvalue weighted by Gasteiger charge is 2.49. The van der Waals surface area contributed by atoms with Crippen LogP contribution in [0.5, 0.6) is 5.75 Å². The van der Waals surface area contributed by atoms with E-state index in [1.165, 1.54) is 111 Å². The third-order valence-electron chi connectivity index (χ3n) is 17.4. The number of rotatable bonds is 4. The predicted molar refractivity (Wildman–Crippen MR) is 300 cm³/mol. The maximum atomic E-state index is 7.07. The molecule has 3 aliphatic carbocycles. The van der Waals surface area contributed by atoms with Crippen LogP contribution in [0.4, 0.5) is 17.1 Å². The van der Waals surface area contributed by atoms with Gasteiger partial charge in [-0.3, -0.25) is 0 Å². The summed E-state index contributed by atoms with van der Waals surface area (Å²) in [6.07, 6.45) is 0. The Balaban J connectivity index is 0.985. The maximum Gasteiger partial charge on any atom is 0.144 e. The van der Waals surface area contributed by atoms with Crippen molar-refractivity contribution in [3.8, 4) is 61.4 Å². The Labute approximate surface area is 423 Å². The number of nitrogens with zero attached hydrogens (tertiary/aromatic N) is 1. The van der Waals surface area contributed by atoms with Crippen molar-refractivity contribution in [1.29, 1.82) is 0 Å². The van der Waals surface area contributed by atoms with Crippen molar-refractivity contribution >= 4 is 39.0 Å². The number of hydrogen-bond donors (Lipinski definition) is 0. The van der Waals surface area contributed by atoms with Gasteiger partial charge in [0.15, 0.2) is 0 Å². The minimum atomic E-state index is -0.340. The summed E-state index contributed by atoms with van der Waals surface area (Å²) in [5.41, 5.74) is 29.0. The number of hydrogen-bond acceptors (Lipinski definition) is 3. The van der Waals surface area contributed by atoms with Gasteiger partial charge in [-0.25, -0.2) is 0 Å². The van der Waals surface area contributed by atoms with Gasteiger partial charge in [0.2, 0.25) is 0 Å². The molecule has 1 aromatic heterocycles. The number of anilines is 3. The van der Waals surface area contributed by atoms with E-state index in [4.69, 9.17) is 9.15 Å². The SMILES string of the molecule is Cc1ccccc1-c1cc2c(c3c1OCc1ccccc1-3)-c1ccc(N(c3ccc(C(C)(C)C)cc3)c3ccc4c(c3)C(C)(C)c3c5c(c6c(oc7ccccc76)c3-4)-c3ccccc3C5(C)C)cc1C2(C)C. The van der Waals surface area contributed by atoms with Gasteiger partial charge in [-0.05, 0) is 150 Å². The fraction of sp³-hybridized carbons (Fsp3) is 0.217. The molecule has 9 aromatic carbocycles. The lowest BCUT2D eigenvalue weighted by atomic mass is 9.72. The van der Waals surface area contributed by atoms with Crippen LogP contribution in [0.15, 0.2) is 168 Å². The second-order valence-corrected chi connectivity index (χ2v) is 23.6. The molecular formula is C69H59NO2. The van der Waals surface area contributed by atoms with E-state index >= 15 is 0 Å². The molecule has 0 unspecified atom stereocenters. The van der Waals surface area contributed by atoms with E-state index in [0.717, 1.165) is 39.5 Å². The zero-order valence-corrected chi connectivity index (χ0v) is 43.1. The monoisotopic (exact) mass is 933 g/mol. The fourth-order valence-electron chi connectivity index (χ4n) is 13.7. The average Bonchev–Trinajstić information content (AvgIpc) is 4.02. The maximum absolute atomic E-state index is 7.07. The van der Waals surface area contributed by atoms with Crippen molar-refractivity contribution in [2.24, 2.45) is 0 Å². The predicted octanol–water partition coefficient (Wildman–Crippen LogP) is 18.8. The van der Waals surface area contributed by atoms with Crippen molar-refractivity contribution in [2.45, 2.75) is 97.5 Å². The van der Waals surface area contributed by atoms with Crippen LogP contribution in [0.1, 0.15) is 112 Å². The Bertz CT molecular complexity index is 4000. The Morgan fingerprint density at radius 3 is 1.75 bits per heavy atom. The summed E-state index contributed by atoms with van der Waals surface area (Å²) in [5.74, 6) is 0.981. The van der Waals surface area contributed by atoms with Gasteiger partial charge in [-0.15, -0.1) is 0 Å². The number of furan rings is 1. The highest BCUT2D eigenvalue weighted by atomic mass is 16.5. The van der Waals surface area contributed by atoms with Gasteiger partial charge in [0.25, 0.3) is 0 Å². The molecule has 0 spiro atoms. The normalized spacial score (nSPS) is 15.8. The Kier molecular flexibility index (Phi) is 8.70. The molecule has 0 N–H and O–H groups in total. The summed E-state index contributed by atoms with van der Waals surface area (Å²) in [6, 6.07) is 61.5. The summed E-state index contributed by atoms with van der Waals surface area (Å²) in [6.45, 7) is 24.2. The third-order valence-corrected chi connectivity index (χ3v) is 17.4. The van der Waals surface area contributed by atoms with Crippen molar-refractivity contribution in [1.82, 2.24) is 0 Å². The van der Waals surface area contributed by atoms with Crippen LogP contribution in [0.25, 0.3) is 77.6 Å². The van der Waals surface area contributed by atoms with Crippen LogP contribution < -0.4 is 9.64 Å². The largest absolute Gasteiger partial charge is 0.488 e. The standard InChI is InChI=1S/C69H59NO2/c1-39-19-11-13-21-45(39)51-37-55-57(59-46-22-14-12-20-40(46)38-71-64(51)59)48-33-31-43(35-53(48)67(55,5)6)70(42-29-27-41(28-30-42)66(2,3)4)44-32-34-49-54(36-44)69(9,10)63-61(49)65-60(50-24-16-18-26-56(50)72-65)58-47-23-15-17-25-52(47)68(7,8)62(58)63/h11-37H,38H2,1-10H3. The first kappa shape index (κ1) is 43.2. The van der Waals surface area contributed by atoms with Gasteiger partial charge in [0.05, 0.1) is 0 Å². The van der Waals surface area contributed by atoms with Crippen molar-refractivity contribution in [3.63, 3.8) is 0 Å². The third kappa shape index (κ3) is 5.68. The van der Waals surface area contributed by atoms with Gasteiger partial charge in [-0.1, -0.05) is 178 Å². The average molecular weight is 934 g/mol. The van der Waals surface area contributed by atoms with Gasteiger partial charge in [0.1, 0.15) is 23.5 Å². The molecule has 2 heterocycles. The summed E-state index contributed by atoms with van der Waals surface area (Å²) in [7, 11) is 0. The highest BCUT2D eigenvalue weighted by molar-refractivity contribution is 6.21. The topological polar surface area (TPSA) is 25.6 Å². The van der Waals surface area contributed by atoms with Crippen LogP contribution in [0.2, 0.25) is 0 Å². The molecule has 0 amide bonds. The van der Waals surface area contributed by atoms with E-state index in [0.29, 0.717) is 6.61 Å². The molecule has 10 aromatic rings. The molecule has 1 aliphatic heterocycles. The zero-order valence-electron chi connectivity index (χ0n) is 43.1. The number of aryl methyl sites for hydroxylation is 1. The lowest BCUT2D eigenvalue weighted by Gasteiger charge is -2.32. The summed E-state index contributed by atoms with van der Waals surface area (Å²) in [5, 5.41) is 2.41. The van der Waals surface area contributed by atoms with E-state index < -0.39 is 0 Å². The molecule has 0 atom stereocenters. The van der Waals surface area contributed by atoms with Crippen LogP contribution in [-0.4, -0.2) is 0 Å². The molecule has 3 heteroatoms. The molecular weight excluding hydrogens is 875 g/mol. The molecule has 14 rings (SSSR count). The number of para-hydroxylation sites is 1. The summed E-state index contributed by atoms with van der Waals surface area (Å²) < 4.78 is 13.9. The summed E-state index contributed by atoms with van der Waals surface area (Å²) in [4.78, 5) is 2.50. The minimum absolute atomic E-state index is 0.0183. The number of ether oxygens (including phenoxy) is 1.